The van der Waals surface area contributed by atoms with Crippen molar-refractivity contribution in [3.63, 3.8) is 0 Å². The fourth-order valence-electron chi connectivity index (χ4n) is 6.99. The van der Waals surface area contributed by atoms with Gasteiger partial charge in [-0.05, 0) is 60.2 Å². The first-order valence-electron chi connectivity index (χ1n) is 17.5. The van der Waals surface area contributed by atoms with Crippen molar-refractivity contribution < 1.29 is 57.0 Å². The fourth-order valence-corrected chi connectivity index (χ4v) is 6.99. The van der Waals surface area contributed by atoms with Crippen LogP contribution in [0.5, 0.6) is 5.75 Å². The van der Waals surface area contributed by atoms with E-state index in [4.69, 9.17) is 24.7 Å². The third kappa shape index (κ3) is 9.55. The largest absolute Gasteiger partial charge is 0.573 e. The highest BCUT2D eigenvalue weighted by atomic mass is 19.4. The summed E-state index contributed by atoms with van der Waals surface area (Å²) >= 11 is 0. The van der Waals surface area contributed by atoms with Crippen LogP contribution < -0.4 is 31.9 Å². The number of anilines is 1. The molecule has 298 valence electrons. The standard InChI is InChI=1S/C36H42F3N5O11/c1-51-29-28(48)33(44-15-12-26(46)42-35(44)50)53-30(29)31(32(40)49)54-34-27(47)25(45)16-24(52-34)18-41-17-19-2-6-22(7-3-19)43-13-10-21(11-14-43)20-4-8-23(9-5-20)55-36(37,38)39/h2-9,12,15-16,21,25,27-31,33-34,41,45,47-48H,10-11,13-14,17-18H2,1H3,(H2,40,49)(H,42,46,50)/t25-,27-,28?,29?,30-,31+,33+,34+/m0/s1. The predicted octanol–water partition coefficient (Wildman–Crippen LogP) is 0.715. The highest BCUT2D eigenvalue weighted by molar-refractivity contribution is 5.79. The Balaban J connectivity index is 1.00. The number of aliphatic hydroxyl groups excluding tert-OH is 3. The molecule has 0 saturated carbocycles. The lowest BCUT2D eigenvalue weighted by molar-refractivity contribution is -0.274. The van der Waals surface area contributed by atoms with Gasteiger partial charge in [-0.15, -0.1) is 13.2 Å². The molecule has 55 heavy (non-hydrogen) atoms. The van der Waals surface area contributed by atoms with Crippen LogP contribution in [-0.4, -0.2) is 107 Å². The third-order valence-corrected chi connectivity index (χ3v) is 9.77. The van der Waals surface area contributed by atoms with E-state index >= 15 is 0 Å². The molecule has 2 saturated heterocycles. The van der Waals surface area contributed by atoms with Gasteiger partial charge in [0.05, 0.1) is 6.54 Å². The Morgan fingerprint density at radius 3 is 2.33 bits per heavy atom. The van der Waals surface area contributed by atoms with Crippen LogP contribution in [0.2, 0.25) is 0 Å². The number of nitrogens with zero attached hydrogens (tertiary/aromatic N) is 2. The van der Waals surface area contributed by atoms with E-state index in [0.717, 1.165) is 59.6 Å². The number of primary amides is 1. The second kappa shape index (κ2) is 16.9. The second-order valence-electron chi connectivity index (χ2n) is 13.4. The van der Waals surface area contributed by atoms with E-state index in [1.54, 1.807) is 12.1 Å². The lowest BCUT2D eigenvalue weighted by Gasteiger charge is -2.35. The molecule has 2 fully saturated rings. The number of aromatic nitrogens is 2. The Labute approximate surface area is 311 Å². The number of nitrogens with two attached hydrogens (primary N) is 1. The van der Waals surface area contributed by atoms with E-state index in [1.165, 1.54) is 25.3 Å². The molecule has 0 spiro atoms. The maximum absolute atomic E-state index is 12.6. The minimum absolute atomic E-state index is 0.0972. The molecule has 19 heteroatoms. The quantitative estimate of drug-likeness (QED) is 0.141. The Morgan fingerprint density at radius 1 is 1.02 bits per heavy atom. The first kappa shape index (κ1) is 39.9. The van der Waals surface area contributed by atoms with E-state index in [2.05, 4.69) is 15.0 Å². The summed E-state index contributed by atoms with van der Waals surface area (Å²) in [6.07, 6.45) is -12.6. The summed E-state index contributed by atoms with van der Waals surface area (Å²) in [4.78, 5) is 40.8. The van der Waals surface area contributed by atoms with Crippen LogP contribution in [0.25, 0.3) is 0 Å². The molecule has 1 amide bonds. The molecule has 0 bridgehead atoms. The number of rotatable bonds is 13. The molecular weight excluding hydrogens is 735 g/mol. The summed E-state index contributed by atoms with van der Waals surface area (Å²) < 4.78 is 65.1. The molecule has 1 aromatic heterocycles. The molecule has 8 atom stereocenters. The molecule has 0 aliphatic carbocycles. The fraction of sp³-hybridized carbons (Fsp3) is 0.472. The Morgan fingerprint density at radius 2 is 1.71 bits per heavy atom. The highest BCUT2D eigenvalue weighted by Crippen LogP contribution is 2.35. The van der Waals surface area contributed by atoms with Gasteiger partial charge in [-0.1, -0.05) is 24.3 Å². The Kier molecular flexibility index (Phi) is 12.3. The maximum atomic E-state index is 12.6. The van der Waals surface area contributed by atoms with Crippen molar-refractivity contribution in [1.82, 2.24) is 14.9 Å². The zero-order chi connectivity index (χ0) is 39.4. The van der Waals surface area contributed by atoms with Crippen LogP contribution in [0.15, 0.2) is 82.2 Å². The number of H-pyrrole nitrogens is 1. The van der Waals surface area contributed by atoms with Gasteiger partial charge in [0.15, 0.2) is 12.3 Å². The number of aromatic amines is 1. The molecule has 3 aromatic rings. The van der Waals surface area contributed by atoms with Crippen molar-refractivity contribution in [2.75, 3.05) is 31.6 Å². The van der Waals surface area contributed by atoms with Gasteiger partial charge in [0.25, 0.3) is 5.56 Å². The molecule has 2 aromatic carbocycles. The van der Waals surface area contributed by atoms with Crippen molar-refractivity contribution in [2.24, 2.45) is 5.73 Å². The normalized spacial score (nSPS) is 26.6. The number of piperidine rings is 1. The lowest BCUT2D eigenvalue weighted by Crippen LogP contribution is -2.53. The molecule has 0 radical (unpaired) electrons. The van der Waals surface area contributed by atoms with Crippen molar-refractivity contribution in [2.45, 2.75) is 80.8 Å². The van der Waals surface area contributed by atoms with Gasteiger partial charge in [0, 0.05) is 44.7 Å². The minimum atomic E-state index is -4.73. The smallest absolute Gasteiger partial charge is 0.465 e. The summed E-state index contributed by atoms with van der Waals surface area (Å²) in [5.74, 6) is -0.897. The number of carbonyl (C=O) groups is 1. The van der Waals surface area contributed by atoms with Crippen molar-refractivity contribution in [3.8, 4) is 5.75 Å². The zero-order valence-electron chi connectivity index (χ0n) is 29.5. The number of amides is 1. The van der Waals surface area contributed by atoms with Gasteiger partial charge in [-0.2, -0.15) is 0 Å². The number of hydrogen-bond acceptors (Lipinski definition) is 13. The summed E-state index contributed by atoms with van der Waals surface area (Å²) in [7, 11) is 1.23. The van der Waals surface area contributed by atoms with Gasteiger partial charge < -0.3 is 55.0 Å². The van der Waals surface area contributed by atoms with Crippen LogP contribution >= 0.6 is 0 Å². The van der Waals surface area contributed by atoms with Crippen LogP contribution in [0, 0.1) is 0 Å². The molecule has 3 aliphatic heterocycles. The van der Waals surface area contributed by atoms with Crippen molar-refractivity contribution in [1.29, 1.82) is 0 Å². The number of hydrogen-bond donors (Lipinski definition) is 6. The number of nitrogens with one attached hydrogen (secondary N) is 2. The average Bonchev–Trinajstić information content (AvgIpc) is 3.47. The Bertz CT molecular complexity index is 1920. The number of halogens is 3. The van der Waals surface area contributed by atoms with Gasteiger partial charge in [0.1, 0.15) is 42.0 Å². The van der Waals surface area contributed by atoms with Crippen LogP contribution in [0.4, 0.5) is 18.9 Å². The Hall–Kier alpha value is -4.76. The summed E-state index contributed by atoms with van der Waals surface area (Å²) in [5.41, 5.74) is 7.02. The number of carbonyl (C=O) groups excluding carboxylic acids is 1. The topological polar surface area (TPSA) is 220 Å². The number of aliphatic hydroxyl groups is 3. The number of ether oxygens (including phenoxy) is 5. The van der Waals surface area contributed by atoms with E-state index < -0.39 is 72.7 Å². The van der Waals surface area contributed by atoms with Crippen molar-refractivity contribution >= 4 is 11.6 Å². The maximum Gasteiger partial charge on any atom is 0.573 e. The number of alkyl halides is 3. The van der Waals surface area contributed by atoms with Crippen LogP contribution in [0.3, 0.4) is 0 Å². The van der Waals surface area contributed by atoms with E-state index in [-0.39, 0.29) is 24.0 Å². The minimum Gasteiger partial charge on any atom is -0.465 e. The molecular formula is C36H42F3N5O11. The summed E-state index contributed by atoms with van der Waals surface area (Å²) in [5, 5.41) is 35.4. The molecule has 2 unspecified atom stereocenters. The summed E-state index contributed by atoms with van der Waals surface area (Å²) in [6, 6.07) is 15.0. The monoisotopic (exact) mass is 777 g/mol. The second-order valence-corrected chi connectivity index (χ2v) is 13.4. The molecule has 16 nitrogen and oxygen atoms in total. The molecule has 4 heterocycles. The van der Waals surface area contributed by atoms with Gasteiger partial charge in [-0.25, -0.2) is 4.79 Å². The van der Waals surface area contributed by atoms with E-state index in [1.807, 2.05) is 29.2 Å². The average molecular weight is 778 g/mol. The highest BCUT2D eigenvalue weighted by Gasteiger charge is 2.52. The number of methoxy groups -OCH3 is 1. The first-order valence-corrected chi connectivity index (χ1v) is 17.5. The summed E-state index contributed by atoms with van der Waals surface area (Å²) in [6.45, 7) is 2.05. The first-order chi connectivity index (χ1) is 26.2. The van der Waals surface area contributed by atoms with E-state index in [9.17, 15) is 42.9 Å². The predicted molar refractivity (Wildman–Crippen MR) is 187 cm³/mol. The van der Waals surface area contributed by atoms with E-state index in [0.29, 0.717) is 6.54 Å². The van der Waals surface area contributed by atoms with Crippen molar-refractivity contribution in [3.05, 3.63) is 105 Å². The zero-order valence-corrected chi connectivity index (χ0v) is 29.5. The van der Waals surface area contributed by atoms with Crippen LogP contribution in [0.1, 0.15) is 36.1 Å². The third-order valence-electron chi connectivity index (χ3n) is 9.77. The van der Waals surface area contributed by atoms with Gasteiger partial charge in [-0.3, -0.25) is 19.1 Å². The SMILES string of the molecule is COC1C(O)[C@H](n2ccc(=O)[nH]c2=O)O[C@@H]1[C@@H](O[C@H]1OC(CNCc2ccc(N3CCC(c4ccc(OC(F)(F)F)cc4)CC3)cc2)=C[C@H](O)[C@@H]1O)C(N)=O. The van der Waals surface area contributed by atoms with Crippen LogP contribution in [-0.2, 0) is 30.3 Å². The molecule has 6 rings (SSSR count). The number of benzene rings is 2. The molecule has 3 aliphatic rings. The van der Waals surface area contributed by atoms with Gasteiger partial charge >= 0.3 is 12.1 Å². The lowest BCUT2D eigenvalue weighted by atomic mass is 9.89. The van der Waals surface area contributed by atoms with Gasteiger partial charge in [0.2, 0.25) is 12.2 Å². The molecule has 7 N–H and O–H groups in total.